The van der Waals surface area contributed by atoms with Crippen LogP contribution in [0.2, 0.25) is 0 Å². The van der Waals surface area contributed by atoms with Crippen LogP contribution in [0.5, 0.6) is 11.5 Å². The Bertz CT molecular complexity index is 605. The lowest BCUT2D eigenvalue weighted by Gasteiger charge is -2.25. The predicted octanol–water partition coefficient (Wildman–Crippen LogP) is 5.99. The first kappa shape index (κ1) is 23.5. The summed E-state index contributed by atoms with van der Waals surface area (Å²) in [6.45, 7) is 0. The molecule has 0 aliphatic rings. The lowest BCUT2D eigenvalue weighted by Crippen LogP contribution is -2.46. The third-order valence-corrected chi connectivity index (χ3v) is 2.88. The van der Waals surface area contributed by atoms with Crippen LogP contribution < -0.4 is 9.47 Å². The lowest BCUT2D eigenvalue weighted by atomic mass is 10.3. The van der Waals surface area contributed by atoms with E-state index < -0.39 is 52.9 Å². The van der Waals surface area contributed by atoms with Crippen molar-refractivity contribution >= 4 is 15.9 Å². The van der Waals surface area contributed by atoms with E-state index in [9.17, 15) is 52.7 Å². The zero-order valence-electron chi connectivity index (χ0n) is 12.0. The maximum atomic E-state index is 13.1. The second kappa shape index (κ2) is 7.47. The molecule has 1 aromatic rings. The minimum Gasteiger partial charge on any atom is -0.430 e. The van der Waals surface area contributed by atoms with Crippen LogP contribution in [0.15, 0.2) is 16.6 Å². The van der Waals surface area contributed by atoms with Gasteiger partial charge in [-0.25, -0.2) is 8.78 Å². The molecule has 2 nitrogen and oxygen atoms in total. The Balaban J connectivity index is 3.11. The van der Waals surface area contributed by atoms with Crippen molar-refractivity contribution in [3.05, 3.63) is 22.7 Å². The van der Waals surface area contributed by atoms with Gasteiger partial charge in [-0.15, -0.1) is 0 Å². The lowest BCUT2D eigenvalue weighted by molar-refractivity contribution is -0.305. The average Bonchev–Trinajstić information content (AvgIpc) is 2.41. The molecule has 0 spiro atoms. The molecule has 0 aromatic heterocycles. The maximum Gasteiger partial charge on any atom is 0.439 e. The van der Waals surface area contributed by atoms with Crippen molar-refractivity contribution in [3.63, 3.8) is 0 Å². The number of rotatable bonds is 6. The van der Waals surface area contributed by atoms with E-state index in [0.717, 1.165) is 0 Å². The molecular weight excluding hydrogens is 484 g/mol. The summed E-state index contributed by atoms with van der Waals surface area (Å²) in [4.78, 5) is 0. The van der Waals surface area contributed by atoms with Gasteiger partial charge in [0.1, 0.15) is 11.5 Å². The summed E-state index contributed by atoms with van der Waals surface area (Å²) in [5.74, 6) is -2.94. The van der Waals surface area contributed by atoms with Crippen LogP contribution in [-0.4, -0.2) is 36.9 Å². The topological polar surface area (TPSA) is 18.5 Å². The van der Waals surface area contributed by atoms with E-state index in [0.29, 0.717) is 6.07 Å². The quantitative estimate of drug-likeness (QED) is 0.458. The zero-order valence-corrected chi connectivity index (χ0v) is 13.6. The first-order valence-corrected chi connectivity index (χ1v) is 6.93. The largest absolute Gasteiger partial charge is 0.439 e. The summed E-state index contributed by atoms with van der Waals surface area (Å²) in [6, 6.07) is 2.01. The average molecular weight is 488 g/mol. The summed E-state index contributed by atoms with van der Waals surface area (Å²) in [5, 5.41) is 0. The van der Waals surface area contributed by atoms with Gasteiger partial charge in [-0.3, -0.25) is 0 Å². The van der Waals surface area contributed by atoms with Gasteiger partial charge in [-0.2, -0.15) is 43.9 Å². The van der Waals surface area contributed by atoms with Gasteiger partial charge in [0.25, 0.3) is 12.3 Å². The van der Waals surface area contributed by atoms with Crippen LogP contribution in [0, 0.1) is 6.07 Å². The van der Waals surface area contributed by atoms with Crippen molar-refractivity contribution in [1.82, 2.24) is 0 Å². The Hall–Kier alpha value is -1.54. The summed E-state index contributed by atoms with van der Waals surface area (Å²) in [6.07, 6.45) is -32.8. The number of alkyl halides is 12. The molecule has 1 rings (SSSR count). The number of hydrogen-bond donors (Lipinski definition) is 0. The molecule has 0 amide bonds. The summed E-state index contributed by atoms with van der Waals surface area (Å²) in [5.41, 5.74) is 0. The van der Waals surface area contributed by atoms with E-state index in [4.69, 9.17) is 0 Å². The third-order valence-electron chi connectivity index (χ3n) is 2.45. The minimum absolute atomic E-state index is 0.0707. The first-order valence-electron chi connectivity index (χ1n) is 6.14. The summed E-state index contributed by atoms with van der Waals surface area (Å²) >= 11 is 2.44. The van der Waals surface area contributed by atoms with Crippen molar-refractivity contribution in [2.24, 2.45) is 0 Å². The van der Waals surface area contributed by atoms with E-state index in [1.807, 2.05) is 0 Å². The van der Waals surface area contributed by atoms with E-state index in [1.165, 1.54) is 0 Å². The standard InChI is InChI=1S/C12H4BrF12O2/c13-4-1-5(26-11(22,23)7(14)9(16,17)18)3-6(2-4)27-12(24,25)8(15)10(19,20)21/h1,3,7-8H. The second-order valence-corrected chi connectivity index (χ2v) is 5.52. The molecule has 0 saturated heterocycles. The highest BCUT2D eigenvalue weighted by Crippen LogP contribution is 2.40. The fourth-order valence-corrected chi connectivity index (χ4v) is 1.81. The fourth-order valence-electron chi connectivity index (χ4n) is 1.39. The van der Waals surface area contributed by atoms with Gasteiger partial charge in [-0.05, 0) is 22.0 Å². The zero-order chi connectivity index (χ0) is 21.4. The fraction of sp³-hybridized carbons (Fsp3) is 0.500. The number of halogens is 13. The van der Waals surface area contributed by atoms with Gasteiger partial charge in [-0.1, -0.05) is 0 Å². The monoisotopic (exact) mass is 487 g/mol. The number of ether oxygens (including phenoxy) is 2. The molecule has 0 bridgehead atoms. The maximum absolute atomic E-state index is 13.1. The first-order chi connectivity index (χ1) is 11.9. The van der Waals surface area contributed by atoms with Crippen LogP contribution in [0.1, 0.15) is 0 Å². The van der Waals surface area contributed by atoms with Gasteiger partial charge in [0, 0.05) is 16.6 Å². The Morgan fingerprint density at radius 2 is 1.15 bits per heavy atom. The molecule has 0 aliphatic heterocycles. The molecule has 0 saturated carbocycles. The van der Waals surface area contributed by atoms with E-state index in [1.54, 1.807) is 6.07 Å². The van der Waals surface area contributed by atoms with Gasteiger partial charge in [0.2, 0.25) is 0 Å². The Labute approximate surface area is 150 Å². The summed E-state index contributed by atoms with van der Waals surface area (Å²) in [7, 11) is 0. The van der Waals surface area contributed by atoms with Crippen LogP contribution in [-0.2, 0) is 0 Å². The highest BCUT2D eigenvalue weighted by molar-refractivity contribution is 9.10. The molecule has 2 unspecified atom stereocenters. The van der Waals surface area contributed by atoms with Crippen molar-refractivity contribution in [2.75, 3.05) is 0 Å². The van der Waals surface area contributed by atoms with E-state index in [2.05, 4.69) is 25.4 Å². The highest BCUT2D eigenvalue weighted by Gasteiger charge is 2.60. The van der Waals surface area contributed by atoms with Crippen molar-refractivity contribution in [1.29, 1.82) is 0 Å². The van der Waals surface area contributed by atoms with Gasteiger partial charge >= 0.3 is 24.6 Å². The molecule has 15 heteroatoms. The van der Waals surface area contributed by atoms with Crippen LogP contribution in [0.3, 0.4) is 0 Å². The third kappa shape index (κ3) is 6.24. The molecular formula is C12H4BrF12O2. The molecule has 0 aliphatic carbocycles. The van der Waals surface area contributed by atoms with Crippen LogP contribution >= 0.6 is 15.9 Å². The molecule has 0 N–H and O–H groups in total. The van der Waals surface area contributed by atoms with Crippen molar-refractivity contribution in [2.45, 2.75) is 36.9 Å². The molecule has 1 radical (unpaired) electrons. The molecule has 0 fully saturated rings. The second-order valence-electron chi connectivity index (χ2n) is 4.66. The number of hydrogen-bond acceptors (Lipinski definition) is 2. The minimum atomic E-state index is -6.06. The van der Waals surface area contributed by atoms with Gasteiger partial charge < -0.3 is 9.47 Å². The molecule has 0 heterocycles. The van der Waals surface area contributed by atoms with E-state index in [-0.39, 0.29) is 6.07 Å². The van der Waals surface area contributed by atoms with Crippen molar-refractivity contribution in [3.8, 4) is 11.5 Å². The predicted molar refractivity (Wildman–Crippen MR) is 66.0 cm³/mol. The van der Waals surface area contributed by atoms with Crippen LogP contribution in [0.4, 0.5) is 52.7 Å². The Morgan fingerprint density at radius 1 is 0.741 bits per heavy atom. The number of benzene rings is 1. The Kier molecular flexibility index (Phi) is 6.50. The van der Waals surface area contributed by atoms with E-state index >= 15 is 0 Å². The van der Waals surface area contributed by atoms with Gasteiger partial charge in [0.05, 0.1) is 0 Å². The molecule has 155 valence electrons. The van der Waals surface area contributed by atoms with Crippen molar-refractivity contribution < 1.29 is 62.2 Å². The smallest absolute Gasteiger partial charge is 0.430 e. The molecule has 27 heavy (non-hydrogen) atoms. The normalized spacial score (nSPS) is 16.0. The molecule has 2 atom stereocenters. The SMILES string of the molecule is FC(C(F)(F)F)C(F)(F)Oc1[c]c(Br)cc(OC(F)(F)C(F)C(F)(F)F)c1. The van der Waals surface area contributed by atoms with Crippen LogP contribution in [0.25, 0.3) is 0 Å². The van der Waals surface area contributed by atoms with Gasteiger partial charge in [0.15, 0.2) is 0 Å². The molecule has 1 aromatic carbocycles. The highest BCUT2D eigenvalue weighted by atomic mass is 79.9. The summed E-state index contributed by atoms with van der Waals surface area (Å²) < 4.78 is 156. The Morgan fingerprint density at radius 3 is 1.56 bits per heavy atom.